The quantitative estimate of drug-likeness (QED) is 0.711. The molecule has 1 aromatic heterocycles. The van der Waals surface area contributed by atoms with Crippen molar-refractivity contribution in [2.75, 3.05) is 11.1 Å². The van der Waals surface area contributed by atoms with Crippen LogP contribution in [0.4, 0.5) is 11.4 Å². The van der Waals surface area contributed by atoms with E-state index >= 15 is 0 Å². The van der Waals surface area contributed by atoms with E-state index in [1.807, 2.05) is 0 Å². The lowest BCUT2D eigenvalue weighted by Gasteiger charge is -2.08. The zero-order valence-corrected chi connectivity index (χ0v) is 9.86. The molecule has 1 amide bonds. The van der Waals surface area contributed by atoms with Crippen molar-refractivity contribution in [3.05, 3.63) is 51.4 Å². The number of H-pyrrole nitrogens is 1. The number of halogens is 1. The van der Waals surface area contributed by atoms with E-state index in [-0.39, 0.29) is 11.3 Å². The van der Waals surface area contributed by atoms with Gasteiger partial charge in [-0.05, 0) is 18.2 Å². The highest BCUT2D eigenvalue weighted by Crippen LogP contribution is 2.27. The highest BCUT2D eigenvalue weighted by molar-refractivity contribution is 6.34. The minimum absolute atomic E-state index is 0.0638. The van der Waals surface area contributed by atoms with Gasteiger partial charge < -0.3 is 11.1 Å². The maximum absolute atomic E-state index is 11.8. The summed E-state index contributed by atoms with van der Waals surface area (Å²) in [6.45, 7) is 0. The Labute approximate surface area is 107 Å². The number of nitrogen functional groups attached to an aromatic ring is 1. The van der Waals surface area contributed by atoms with Crippen molar-refractivity contribution in [3.63, 3.8) is 0 Å². The van der Waals surface area contributed by atoms with Crippen LogP contribution in [0.25, 0.3) is 0 Å². The van der Waals surface area contributed by atoms with Gasteiger partial charge in [0.25, 0.3) is 11.5 Å². The van der Waals surface area contributed by atoms with Gasteiger partial charge in [-0.2, -0.15) is 5.10 Å². The van der Waals surface area contributed by atoms with Gasteiger partial charge in [0.1, 0.15) is 5.69 Å². The molecule has 1 aromatic carbocycles. The fraction of sp³-hybridized carbons (Fsp3) is 0. The number of anilines is 2. The van der Waals surface area contributed by atoms with Crippen LogP contribution in [0.1, 0.15) is 10.5 Å². The lowest BCUT2D eigenvalue weighted by molar-refractivity contribution is 0.102. The van der Waals surface area contributed by atoms with E-state index < -0.39 is 5.91 Å². The SMILES string of the molecule is Nc1cccc(Cl)c1NC(=O)c1ccc(=O)[nH]n1. The summed E-state index contributed by atoms with van der Waals surface area (Å²) in [5.74, 6) is -0.508. The summed E-state index contributed by atoms with van der Waals surface area (Å²) >= 11 is 5.91. The predicted molar refractivity (Wildman–Crippen MR) is 68.7 cm³/mol. The van der Waals surface area contributed by atoms with Crippen molar-refractivity contribution in [1.29, 1.82) is 0 Å². The molecule has 0 aliphatic carbocycles. The normalized spacial score (nSPS) is 10.1. The predicted octanol–water partition coefficient (Wildman–Crippen LogP) is 1.26. The highest BCUT2D eigenvalue weighted by atomic mass is 35.5. The Hall–Kier alpha value is -2.34. The standard InChI is InChI=1S/C11H9ClN4O2/c12-6-2-1-3-7(13)10(6)14-11(18)8-4-5-9(17)16-15-8/h1-5H,13H2,(H,14,18)(H,16,17). The van der Waals surface area contributed by atoms with E-state index in [1.54, 1.807) is 18.2 Å². The third kappa shape index (κ3) is 2.49. The Morgan fingerprint density at radius 1 is 1.33 bits per heavy atom. The van der Waals surface area contributed by atoms with E-state index in [9.17, 15) is 9.59 Å². The molecule has 6 nitrogen and oxygen atoms in total. The monoisotopic (exact) mass is 264 g/mol. The third-order valence-electron chi connectivity index (χ3n) is 2.20. The summed E-state index contributed by atoms with van der Waals surface area (Å²) < 4.78 is 0. The molecule has 2 aromatic rings. The van der Waals surface area contributed by atoms with Crippen molar-refractivity contribution in [3.8, 4) is 0 Å². The van der Waals surface area contributed by atoms with E-state index in [2.05, 4.69) is 15.5 Å². The smallest absolute Gasteiger partial charge is 0.276 e. The number of nitrogens with two attached hydrogens (primary N) is 1. The summed E-state index contributed by atoms with van der Waals surface area (Å²) in [6, 6.07) is 7.40. The number of aromatic nitrogens is 2. The van der Waals surface area contributed by atoms with Gasteiger partial charge in [0, 0.05) is 6.07 Å². The first kappa shape index (κ1) is 12.1. The first-order valence-corrected chi connectivity index (χ1v) is 5.37. The number of carbonyl (C=O) groups is 1. The number of para-hydroxylation sites is 1. The number of nitrogens with one attached hydrogen (secondary N) is 2. The molecule has 92 valence electrons. The van der Waals surface area contributed by atoms with Crippen LogP contribution in [0.3, 0.4) is 0 Å². The van der Waals surface area contributed by atoms with Crippen molar-refractivity contribution in [2.45, 2.75) is 0 Å². The van der Waals surface area contributed by atoms with Crippen LogP contribution in [0, 0.1) is 0 Å². The second-order valence-electron chi connectivity index (χ2n) is 3.46. The molecule has 0 bridgehead atoms. The van der Waals surface area contributed by atoms with Crippen LogP contribution in [-0.2, 0) is 0 Å². The number of rotatable bonds is 2. The third-order valence-corrected chi connectivity index (χ3v) is 2.51. The molecular weight excluding hydrogens is 256 g/mol. The molecule has 0 unspecified atom stereocenters. The minimum Gasteiger partial charge on any atom is -0.397 e. The molecule has 0 atom stereocenters. The van der Waals surface area contributed by atoms with E-state index in [0.29, 0.717) is 16.4 Å². The number of carbonyl (C=O) groups excluding carboxylic acids is 1. The Bertz CT molecular complexity index is 613. The molecule has 0 aliphatic heterocycles. The maximum Gasteiger partial charge on any atom is 0.276 e. The number of hydrogen-bond donors (Lipinski definition) is 3. The van der Waals surface area contributed by atoms with Crippen LogP contribution in [-0.4, -0.2) is 16.1 Å². The fourth-order valence-electron chi connectivity index (χ4n) is 1.32. The summed E-state index contributed by atoms with van der Waals surface area (Å²) in [5.41, 5.74) is 6.04. The summed E-state index contributed by atoms with van der Waals surface area (Å²) in [4.78, 5) is 22.6. The zero-order chi connectivity index (χ0) is 13.1. The van der Waals surface area contributed by atoms with E-state index in [4.69, 9.17) is 17.3 Å². The Morgan fingerprint density at radius 2 is 2.11 bits per heavy atom. The van der Waals surface area contributed by atoms with Crippen LogP contribution >= 0.6 is 11.6 Å². The van der Waals surface area contributed by atoms with Crippen LogP contribution < -0.4 is 16.6 Å². The van der Waals surface area contributed by atoms with Gasteiger partial charge in [-0.15, -0.1) is 0 Å². The zero-order valence-electron chi connectivity index (χ0n) is 9.11. The molecule has 0 saturated carbocycles. The first-order chi connectivity index (χ1) is 8.58. The lowest BCUT2D eigenvalue weighted by atomic mass is 10.2. The molecule has 4 N–H and O–H groups in total. The molecule has 0 saturated heterocycles. The van der Waals surface area contributed by atoms with Gasteiger partial charge in [-0.3, -0.25) is 9.59 Å². The molecule has 0 fully saturated rings. The second kappa shape index (κ2) is 4.89. The Morgan fingerprint density at radius 3 is 2.72 bits per heavy atom. The second-order valence-corrected chi connectivity index (χ2v) is 3.87. The molecule has 0 aliphatic rings. The van der Waals surface area contributed by atoms with Gasteiger partial charge in [0.2, 0.25) is 0 Å². The van der Waals surface area contributed by atoms with Gasteiger partial charge in [-0.25, -0.2) is 5.10 Å². The number of nitrogens with zero attached hydrogens (tertiary/aromatic N) is 1. The average molecular weight is 265 g/mol. The molecular formula is C11H9ClN4O2. The van der Waals surface area contributed by atoms with Crippen LogP contribution in [0.15, 0.2) is 35.1 Å². The van der Waals surface area contributed by atoms with Gasteiger partial charge in [-0.1, -0.05) is 17.7 Å². The van der Waals surface area contributed by atoms with Gasteiger partial charge in [0.05, 0.1) is 16.4 Å². The van der Waals surface area contributed by atoms with Crippen molar-refractivity contribution in [1.82, 2.24) is 10.2 Å². The van der Waals surface area contributed by atoms with E-state index in [0.717, 1.165) is 0 Å². The maximum atomic E-state index is 11.8. The minimum atomic E-state index is -0.508. The number of benzene rings is 1. The largest absolute Gasteiger partial charge is 0.397 e. The lowest BCUT2D eigenvalue weighted by Crippen LogP contribution is -2.18. The highest BCUT2D eigenvalue weighted by Gasteiger charge is 2.11. The van der Waals surface area contributed by atoms with Crippen molar-refractivity contribution < 1.29 is 4.79 Å². The molecule has 2 rings (SSSR count). The molecule has 0 spiro atoms. The summed E-state index contributed by atoms with van der Waals surface area (Å²) in [7, 11) is 0. The molecule has 7 heteroatoms. The topological polar surface area (TPSA) is 101 Å². The fourth-order valence-corrected chi connectivity index (χ4v) is 1.55. The molecule has 0 radical (unpaired) electrons. The van der Waals surface area contributed by atoms with E-state index in [1.165, 1.54) is 12.1 Å². The average Bonchev–Trinajstić information content (AvgIpc) is 2.34. The van der Waals surface area contributed by atoms with Crippen molar-refractivity contribution in [2.24, 2.45) is 0 Å². The summed E-state index contributed by atoms with van der Waals surface area (Å²) in [5, 5.41) is 8.63. The van der Waals surface area contributed by atoms with Gasteiger partial charge >= 0.3 is 0 Å². The Balaban J connectivity index is 2.27. The Kier molecular flexibility index (Phi) is 3.29. The first-order valence-electron chi connectivity index (χ1n) is 4.99. The van der Waals surface area contributed by atoms with Crippen molar-refractivity contribution >= 4 is 28.9 Å². The molecule has 1 heterocycles. The number of aromatic amines is 1. The number of amides is 1. The molecule has 18 heavy (non-hydrogen) atoms. The van der Waals surface area contributed by atoms with Crippen LogP contribution in [0.5, 0.6) is 0 Å². The van der Waals surface area contributed by atoms with Crippen LogP contribution in [0.2, 0.25) is 5.02 Å². The summed E-state index contributed by atoms with van der Waals surface area (Å²) in [6.07, 6.45) is 0. The van der Waals surface area contributed by atoms with Gasteiger partial charge in [0.15, 0.2) is 0 Å². The number of hydrogen-bond acceptors (Lipinski definition) is 4.